The van der Waals surface area contributed by atoms with Crippen molar-refractivity contribution < 1.29 is 14.1 Å². The summed E-state index contributed by atoms with van der Waals surface area (Å²) in [6.07, 6.45) is 0. The molecule has 27 heavy (non-hydrogen) atoms. The first kappa shape index (κ1) is 19.0. The summed E-state index contributed by atoms with van der Waals surface area (Å²) in [4.78, 5) is 32.5. The minimum Gasteiger partial charge on any atom is -0.321 e. The number of amides is 1. The van der Waals surface area contributed by atoms with Crippen LogP contribution in [0.2, 0.25) is 5.02 Å². The number of carbonyl (C=O) groups is 1. The van der Waals surface area contributed by atoms with E-state index in [1.165, 1.54) is 12.1 Å². The van der Waals surface area contributed by atoms with E-state index in [9.17, 15) is 14.0 Å². The topological polar surface area (TPSA) is 79.3 Å². The average Bonchev–Trinajstić information content (AvgIpc) is 2.63. The van der Waals surface area contributed by atoms with Gasteiger partial charge in [0.05, 0.1) is 23.1 Å². The Morgan fingerprint density at radius 2 is 2.07 bits per heavy atom. The lowest BCUT2D eigenvalue weighted by Crippen LogP contribution is -3.11. The highest BCUT2D eigenvalue weighted by molar-refractivity contribution is 6.30. The van der Waals surface area contributed by atoms with Gasteiger partial charge in [0.1, 0.15) is 12.4 Å². The lowest BCUT2D eigenvalue weighted by atomic mass is 10.2. The first-order valence-corrected chi connectivity index (χ1v) is 8.90. The number of aromatic amines is 1. The number of hydrogen-bond acceptors (Lipinski definition) is 3. The van der Waals surface area contributed by atoms with E-state index in [1.54, 1.807) is 18.2 Å². The van der Waals surface area contributed by atoms with Crippen molar-refractivity contribution in [3.05, 3.63) is 69.5 Å². The smallest absolute Gasteiger partial charge is 0.279 e. The zero-order valence-electron chi connectivity index (χ0n) is 14.7. The molecule has 0 saturated carbocycles. The molecule has 3 N–H and O–H groups in total. The highest BCUT2D eigenvalue weighted by Crippen LogP contribution is 2.18. The summed E-state index contributed by atoms with van der Waals surface area (Å²) >= 11 is 5.71. The van der Waals surface area contributed by atoms with Crippen LogP contribution in [0.15, 0.2) is 47.3 Å². The van der Waals surface area contributed by atoms with E-state index in [2.05, 4.69) is 15.3 Å². The first-order chi connectivity index (χ1) is 13.0. The first-order valence-electron chi connectivity index (χ1n) is 8.52. The molecule has 1 unspecified atom stereocenters. The summed E-state index contributed by atoms with van der Waals surface area (Å²) in [7, 11) is 0. The summed E-state index contributed by atoms with van der Waals surface area (Å²) in [5, 5.41) is 3.33. The Labute approximate surface area is 160 Å². The van der Waals surface area contributed by atoms with Gasteiger partial charge in [-0.15, -0.1) is 0 Å². The average molecular weight is 390 g/mol. The predicted molar refractivity (Wildman–Crippen MR) is 102 cm³/mol. The van der Waals surface area contributed by atoms with Gasteiger partial charge < -0.3 is 15.2 Å². The molecule has 8 heteroatoms. The van der Waals surface area contributed by atoms with Crippen LogP contribution in [0.5, 0.6) is 0 Å². The summed E-state index contributed by atoms with van der Waals surface area (Å²) in [5.74, 6) is -0.424. The number of anilines is 1. The molecule has 0 aliphatic heterocycles. The van der Waals surface area contributed by atoms with Crippen LogP contribution in [0.1, 0.15) is 12.7 Å². The van der Waals surface area contributed by atoms with Gasteiger partial charge in [-0.25, -0.2) is 9.37 Å². The molecule has 0 fully saturated rings. The van der Waals surface area contributed by atoms with Crippen molar-refractivity contribution in [3.8, 4) is 0 Å². The Bertz CT molecular complexity index is 1040. The number of benzene rings is 2. The second-order valence-corrected chi connectivity index (χ2v) is 6.60. The van der Waals surface area contributed by atoms with Crippen molar-refractivity contribution in [1.82, 2.24) is 9.97 Å². The number of halogens is 2. The van der Waals surface area contributed by atoms with Gasteiger partial charge in [0.2, 0.25) is 0 Å². The van der Waals surface area contributed by atoms with E-state index in [0.29, 0.717) is 29.8 Å². The van der Waals surface area contributed by atoms with Gasteiger partial charge in [-0.05, 0) is 37.3 Å². The summed E-state index contributed by atoms with van der Waals surface area (Å²) in [6, 6.07) is 11.2. The molecule has 3 aromatic rings. The third-order valence-electron chi connectivity index (χ3n) is 4.20. The molecule has 6 nitrogen and oxygen atoms in total. The van der Waals surface area contributed by atoms with Crippen molar-refractivity contribution in [2.24, 2.45) is 0 Å². The van der Waals surface area contributed by atoms with Gasteiger partial charge in [0.25, 0.3) is 11.5 Å². The van der Waals surface area contributed by atoms with Crippen LogP contribution >= 0.6 is 11.6 Å². The molecule has 1 aromatic heterocycles. The van der Waals surface area contributed by atoms with Crippen LogP contribution in [0.4, 0.5) is 10.1 Å². The van der Waals surface area contributed by atoms with Crippen LogP contribution in [-0.4, -0.2) is 29.0 Å². The van der Waals surface area contributed by atoms with Crippen molar-refractivity contribution in [3.63, 3.8) is 0 Å². The standard InChI is InChI=1S/C19H18ClFN4O2/c1-2-25(11-18(26)23-16-8-7-12(20)9-14(16)21)10-17-22-15-6-4-3-5-13(15)19(27)24-17/h3-9H,2,10-11H2,1H3,(H,23,26)(H,22,24,27)/p+1. The number of hydrogen-bond donors (Lipinski definition) is 3. The number of likely N-dealkylation sites (N-methyl/N-ethyl adjacent to an activating group) is 1. The van der Waals surface area contributed by atoms with Gasteiger partial charge in [-0.1, -0.05) is 23.7 Å². The summed E-state index contributed by atoms with van der Waals surface area (Å²) in [5.41, 5.74) is 0.482. The number of aromatic nitrogens is 2. The maximum atomic E-state index is 13.8. The van der Waals surface area contributed by atoms with Crippen molar-refractivity contribution in [1.29, 1.82) is 0 Å². The summed E-state index contributed by atoms with van der Waals surface area (Å²) < 4.78 is 13.8. The highest BCUT2D eigenvalue weighted by atomic mass is 35.5. The Morgan fingerprint density at radius 1 is 1.30 bits per heavy atom. The monoisotopic (exact) mass is 389 g/mol. The molecule has 0 radical (unpaired) electrons. The van der Waals surface area contributed by atoms with Crippen LogP contribution in [0, 0.1) is 5.82 Å². The van der Waals surface area contributed by atoms with E-state index in [4.69, 9.17) is 11.6 Å². The fourth-order valence-corrected chi connectivity index (χ4v) is 2.94. The van der Waals surface area contributed by atoms with E-state index < -0.39 is 5.82 Å². The molecule has 0 spiro atoms. The van der Waals surface area contributed by atoms with Gasteiger partial charge in [0, 0.05) is 5.02 Å². The normalized spacial score (nSPS) is 12.1. The Balaban J connectivity index is 1.70. The Morgan fingerprint density at radius 3 is 2.81 bits per heavy atom. The zero-order chi connectivity index (χ0) is 19.4. The number of nitrogens with one attached hydrogen (secondary N) is 3. The second kappa shape index (κ2) is 8.28. The van der Waals surface area contributed by atoms with Crippen molar-refractivity contribution in [2.45, 2.75) is 13.5 Å². The largest absolute Gasteiger partial charge is 0.321 e. The predicted octanol–water partition coefficient (Wildman–Crippen LogP) is 1.76. The molecule has 0 saturated heterocycles. The Kier molecular flexibility index (Phi) is 5.83. The molecular formula is C19H19ClFN4O2+. The minimum atomic E-state index is -0.588. The number of quaternary nitrogens is 1. The fraction of sp³-hybridized carbons (Fsp3) is 0.211. The van der Waals surface area contributed by atoms with Gasteiger partial charge in [-0.3, -0.25) is 9.59 Å². The quantitative estimate of drug-likeness (QED) is 0.601. The van der Waals surface area contributed by atoms with E-state index in [1.807, 2.05) is 13.0 Å². The minimum absolute atomic E-state index is 0.0806. The maximum absolute atomic E-state index is 13.8. The maximum Gasteiger partial charge on any atom is 0.279 e. The van der Waals surface area contributed by atoms with Crippen LogP contribution in [-0.2, 0) is 11.3 Å². The molecule has 0 aliphatic rings. The fourth-order valence-electron chi connectivity index (χ4n) is 2.78. The number of carbonyl (C=O) groups excluding carboxylic acids is 1. The highest BCUT2D eigenvalue weighted by Gasteiger charge is 2.16. The van der Waals surface area contributed by atoms with E-state index in [-0.39, 0.29) is 28.7 Å². The lowest BCUT2D eigenvalue weighted by Gasteiger charge is -2.17. The number of fused-ring (bicyclic) bond motifs is 1. The van der Waals surface area contributed by atoms with Crippen LogP contribution in [0.3, 0.4) is 0 Å². The summed E-state index contributed by atoms with van der Waals surface area (Å²) in [6.45, 7) is 3.03. The molecule has 2 aromatic carbocycles. The number of para-hydroxylation sites is 1. The van der Waals surface area contributed by atoms with Crippen LogP contribution in [0.25, 0.3) is 10.9 Å². The third-order valence-corrected chi connectivity index (χ3v) is 4.43. The molecule has 140 valence electrons. The molecule has 1 atom stereocenters. The van der Waals surface area contributed by atoms with Gasteiger partial charge in [0.15, 0.2) is 12.4 Å². The second-order valence-electron chi connectivity index (χ2n) is 6.16. The number of nitrogens with zero attached hydrogens (tertiary/aromatic N) is 1. The third kappa shape index (κ3) is 4.69. The van der Waals surface area contributed by atoms with Gasteiger partial charge in [-0.2, -0.15) is 0 Å². The van der Waals surface area contributed by atoms with Crippen molar-refractivity contribution >= 4 is 34.1 Å². The lowest BCUT2D eigenvalue weighted by molar-refractivity contribution is -0.904. The molecule has 1 heterocycles. The zero-order valence-corrected chi connectivity index (χ0v) is 15.4. The van der Waals surface area contributed by atoms with Gasteiger partial charge >= 0.3 is 0 Å². The van der Waals surface area contributed by atoms with E-state index in [0.717, 1.165) is 11.0 Å². The number of H-pyrrole nitrogens is 1. The molecule has 3 rings (SSSR count). The van der Waals surface area contributed by atoms with E-state index >= 15 is 0 Å². The molecule has 0 bridgehead atoms. The SMILES string of the molecule is CC[NH+](CC(=O)Nc1ccc(Cl)cc1F)Cc1nc2ccccc2c(=O)[nH]1. The van der Waals surface area contributed by atoms with Crippen molar-refractivity contribution in [2.75, 3.05) is 18.4 Å². The van der Waals surface area contributed by atoms with Crippen LogP contribution < -0.4 is 15.8 Å². The Hall–Kier alpha value is -2.77. The molecular weight excluding hydrogens is 371 g/mol. The molecule has 1 amide bonds. The molecule has 0 aliphatic carbocycles. The number of rotatable bonds is 6.